The summed E-state index contributed by atoms with van der Waals surface area (Å²) in [6, 6.07) is 9.96. The second kappa shape index (κ2) is 6.89. The lowest BCUT2D eigenvalue weighted by molar-refractivity contribution is -0.146. The molecule has 0 heterocycles. The highest BCUT2D eigenvalue weighted by Crippen LogP contribution is 2.30. The van der Waals surface area contributed by atoms with Crippen molar-refractivity contribution in [2.45, 2.75) is 63.5 Å². The minimum atomic E-state index is -0.933. The van der Waals surface area contributed by atoms with Crippen molar-refractivity contribution in [2.75, 3.05) is 0 Å². The van der Waals surface area contributed by atoms with Gasteiger partial charge in [0.1, 0.15) is 5.54 Å². The van der Waals surface area contributed by atoms with Crippen molar-refractivity contribution in [3.63, 3.8) is 0 Å². The third kappa shape index (κ3) is 3.21. The van der Waals surface area contributed by atoms with Crippen LogP contribution < -0.4 is 5.32 Å². The predicted molar refractivity (Wildman–Crippen MR) is 80.7 cm³/mol. The first-order valence-corrected chi connectivity index (χ1v) is 7.75. The Hall–Kier alpha value is -1.35. The van der Waals surface area contributed by atoms with Crippen molar-refractivity contribution in [3.8, 4) is 0 Å². The molecule has 0 saturated heterocycles. The third-order valence-corrected chi connectivity index (χ3v) is 4.31. The van der Waals surface area contributed by atoms with Crippen LogP contribution in [0, 0.1) is 0 Å². The molecule has 1 fully saturated rings. The van der Waals surface area contributed by atoms with Crippen LogP contribution in [0.4, 0.5) is 0 Å². The molecule has 0 aliphatic heterocycles. The molecule has 1 saturated carbocycles. The van der Waals surface area contributed by atoms with Gasteiger partial charge in [-0.3, -0.25) is 5.32 Å². The van der Waals surface area contributed by atoms with Crippen LogP contribution in [0.1, 0.15) is 57.4 Å². The summed E-state index contributed by atoms with van der Waals surface area (Å²) in [6.45, 7) is 2.04. The van der Waals surface area contributed by atoms with Crippen LogP contribution in [0.15, 0.2) is 30.3 Å². The maximum atomic E-state index is 12.0. The highest BCUT2D eigenvalue weighted by atomic mass is 16.4. The maximum absolute atomic E-state index is 12.0. The summed E-state index contributed by atoms with van der Waals surface area (Å²) >= 11 is 0. The summed E-state index contributed by atoms with van der Waals surface area (Å²) in [5.74, 6) is -0.754. The van der Waals surface area contributed by atoms with Gasteiger partial charge in [0.15, 0.2) is 0 Å². The second-order valence-corrected chi connectivity index (χ2v) is 5.81. The molecule has 0 amide bonds. The van der Waals surface area contributed by atoms with E-state index in [2.05, 4.69) is 5.32 Å². The molecule has 2 rings (SSSR count). The largest absolute Gasteiger partial charge is 0.480 e. The van der Waals surface area contributed by atoms with Gasteiger partial charge in [0, 0.05) is 6.04 Å². The molecule has 110 valence electrons. The van der Waals surface area contributed by atoms with Crippen LogP contribution in [0.2, 0.25) is 0 Å². The monoisotopic (exact) mass is 275 g/mol. The zero-order chi connectivity index (χ0) is 14.4. The Morgan fingerprint density at radius 3 is 2.45 bits per heavy atom. The fourth-order valence-corrected chi connectivity index (χ4v) is 3.29. The Bertz CT molecular complexity index is 426. The SMILES string of the molecule is CCCC(NC1CCCCC1)(C(=O)O)c1ccccc1. The average Bonchev–Trinajstić information content (AvgIpc) is 2.48. The van der Waals surface area contributed by atoms with E-state index < -0.39 is 11.5 Å². The number of hydrogen-bond acceptors (Lipinski definition) is 2. The summed E-state index contributed by atoms with van der Waals surface area (Å²) in [7, 11) is 0. The van der Waals surface area contributed by atoms with E-state index in [1.165, 1.54) is 19.3 Å². The highest BCUT2D eigenvalue weighted by molar-refractivity contribution is 5.80. The second-order valence-electron chi connectivity index (χ2n) is 5.81. The Morgan fingerprint density at radius 2 is 1.90 bits per heavy atom. The van der Waals surface area contributed by atoms with Gasteiger partial charge in [0.05, 0.1) is 0 Å². The number of carbonyl (C=O) groups is 1. The average molecular weight is 275 g/mol. The topological polar surface area (TPSA) is 49.3 Å². The molecule has 1 atom stereocenters. The first kappa shape index (κ1) is 15.0. The fraction of sp³-hybridized carbons (Fsp3) is 0.588. The van der Waals surface area contributed by atoms with Crippen molar-refractivity contribution in [2.24, 2.45) is 0 Å². The number of nitrogens with one attached hydrogen (secondary N) is 1. The normalized spacial score (nSPS) is 19.4. The molecule has 1 aliphatic rings. The van der Waals surface area contributed by atoms with Gasteiger partial charge in [-0.1, -0.05) is 62.9 Å². The lowest BCUT2D eigenvalue weighted by Crippen LogP contribution is -2.53. The molecule has 1 aromatic carbocycles. The summed E-state index contributed by atoms with van der Waals surface area (Å²) in [5, 5.41) is 13.4. The van der Waals surface area contributed by atoms with E-state index in [0.29, 0.717) is 12.5 Å². The molecule has 1 aromatic rings. The summed E-state index contributed by atoms with van der Waals surface area (Å²) in [5.41, 5.74) is -0.0576. The molecule has 1 aliphatic carbocycles. The van der Waals surface area contributed by atoms with E-state index in [-0.39, 0.29) is 0 Å². The van der Waals surface area contributed by atoms with Crippen molar-refractivity contribution in [3.05, 3.63) is 35.9 Å². The molecule has 0 radical (unpaired) electrons. The first-order valence-electron chi connectivity index (χ1n) is 7.75. The van der Waals surface area contributed by atoms with Crippen LogP contribution in [0.5, 0.6) is 0 Å². The van der Waals surface area contributed by atoms with Crippen LogP contribution in [-0.2, 0) is 10.3 Å². The van der Waals surface area contributed by atoms with Crippen molar-refractivity contribution in [1.82, 2.24) is 5.32 Å². The van der Waals surface area contributed by atoms with E-state index >= 15 is 0 Å². The minimum Gasteiger partial charge on any atom is -0.480 e. The highest BCUT2D eigenvalue weighted by Gasteiger charge is 2.41. The molecule has 3 heteroatoms. The standard InChI is InChI=1S/C17H25NO2/c1-2-13-17(16(19)20,14-9-5-3-6-10-14)18-15-11-7-4-8-12-15/h3,5-6,9-10,15,18H,2,4,7-8,11-13H2,1H3,(H,19,20). The molecular formula is C17H25NO2. The van der Waals surface area contributed by atoms with Crippen molar-refractivity contribution in [1.29, 1.82) is 0 Å². The minimum absolute atomic E-state index is 0.326. The molecule has 1 unspecified atom stereocenters. The lowest BCUT2D eigenvalue weighted by atomic mass is 9.83. The molecule has 3 nitrogen and oxygen atoms in total. The summed E-state index contributed by atoms with van der Waals surface area (Å²) < 4.78 is 0. The summed E-state index contributed by atoms with van der Waals surface area (Å²) in [4.78, 5) is 12.0. The number of aliphatic carboxylic acids is 1. The number of carboxylic acid groups (broad SMARTS) is 1. The molecular weight excluding hydrogens is 250 g/mol. The van der Waals surface area contributed by atoms with Gasteiger partial charge >= 0.3 is 5.97 Å². The van der Waals surface area contributed by atoms with Crippen molar-refractivity contribution >= 4 is 5.97 Å². The number of hydrogen-bond donors (Lipinski definition) is 2. The first-order chi connectivity index (χ1) is 9.69. The van der Waals surface area contributed by atoms with Gasteiger partial charge in [-0.05, 0) is 24.8 Å². The van der Waals surface area contributed by atoms with Gasteiger partial charge in [0.2, 0.25) is 0 Å². The molecule has 0 spiro atoms. The van der Waals surface area contributed by atoms with Gasteiger partial charge in [-0.25, -0.2) is 4.79 Å². The third-order valence-electron chi connectivity index (χ3n) is 4.31. The van der Waals surface area contributed by atoms with Crippen LogP contribution in [-0.4, -0.2) is 17.1 Å². The molecule has 2 N–H and O–H groups in total. The fourth-order valence-electron chi connectivity index (χ4n) is 3.29. The van der Waals surface area contributed by atoms with Crippen LogP contribution >= 0.6 is 0 Å². The van der Waals surface area contributed by atoms with Crippen LogP contribution in [0.3, 0.4) is 0 Å². The van der Waals surface area contributed by atoms with Gasteiger partial charge in [-0.15, -0.1) is 0 Å². The van der Waals surface area contributed by atoms with Crippen molar-refractivity contribution < 1.29 is 9.90 Å². The Balaban J connectivity index is 2.29. The van der Waals surface area contributed by atoms with Gasteiger partial charge in [0.25, 0.3) is 0 Å². The molecule has 0 aromatic heterocycles. The van der Waals surface area contributed by atoms with Crippen LogP contribution in [0.25, 0.3) is 0 Å². The molecule has 0 bridgehead atoms. The zero-order valence-corrected chi connectivity index (χ0v) is 12.3. The number of carboxylic acids is 1. The van der Waals surface area contributed by atoms with E-state index in [4.69, 9.17) is 0 Å². The zero-order valence-electron chi connectivity index (χ0n) is 12.3. The Morgan fingerprint density at radius 1 is 1.25 bits per heavy atom. The van der Waals surface area contributed by atoms with E-state index in [0.717, 1.165) is 24.8 Å². The molecule has 20 heavy (non-hydrogen) atoms. The Labute approximate surface area is 121 Å². The van der Waals surface area contributed by atoms with Gasteiger partial charge in [-0.2, -0.15) is 0 Å². The lowest BCUT2D eigenvalue weighted by Gasteiger charge is -2.36. The van der Waals surface area contributed by atoms with Gasteiger partial charge < -0.3 is 5.11 Å². The predicted octanol–water partition coefficient (Wildman–Crippen LogP) is 3.69. The maximum Gasteiger partial charge on any atom is 0.328 e. The summed E-state index contributed by atoms with van der Waals surface area (Å²) in [6.07, 6.45) is 7.33. The van der Waals surface area contributed by atoms with E-state index in [1.54, 1.807) is 0 Å². The number of benzene rings is 1. The smallest absolute Gasteiger partial charge is 0.328 e. The Kier molecular flexibility index (Phi) is 5.18. The van der Waals surface area contributed by atoms with E-state index in [9.17, 15) is 9.90 Å². The number of rotatable bonds is 6. The van der Waals surface area contributed by atoms with E-state index in [1.807, 2.05) is 37.3 Å². The quantitative estimate of drug-likeness (QED) is 0.832.